The summed E-state index contributed by atoms with van der Waals surface area (Å²) in [5, 5.41) is 7.13. The van der Waals surface area contributed by atoms with Gasteiger partial charge in [0.15, 0.2) is 0 Å². The number of hydrogen-bond donors (Lipinski definition) is 2. The molecular formula is C11H15N5O2. The van der Waals surface area contributed by atoms with Crippen LogP contribution in [0.25, 0.3) is 0 Å². The minimum absolute atomic E-state index is 0.144. The summed E-state index contributed by atoms with van der Waals surface area (Å²) >= 11 is 0. The van der Waals surface area contributed by atoms with Crippen molar-refractivity contribution in [1.82, 2.24) is 4.90 Å². The topological polar surface area (TPSA) is 106 Å². The smallest absolute Gasteiger partial charge is 0.410 e. The molecule has 0 saturated carbocycles. The van der Waals surface area contributed by atoms with Crippen molar-refractivity contribution in [3.8, 4) is 5.75 Å². The van der Waals surface area contributed by atoms with Crippen molar-refractivity contribution >= 4 is 18.3 Å². The number of amides is 1. The Bertz CT molecular complexity index is 478. The van der Waals surface area contributed by atoms with E-state index in [1.54, 1.807) is 38.4 Å². The molecule has 0 radical (unpaired) electrons. The standard InChI is InChI=1S/C11H15N5O2/c1-16(2)11(17)18-9-6-4-3-5-8(9)7-14-15-10(12)13/h3-7H,1-2H3,(H4,12,13,15). The lowest BCUT2D eigenvalue weighted by atomic mass is 10.2. The zero-order valence-corrected chi connectivity index (χ0v) is 10.2. The normalized spacial score (nSPS) is 10.1. The van der Waals surface area contributed by atoms with Crippen LogP contribution in [0.4, 0.5) is 4.79 Å². The van der Waals surface area contributed by atoms with Crippen molar-refractivity contribution in [2.75, 3.05) is 14.1 Å². The Kier molecular flexibility index (Phi) is 4.67. The van der Waals surface area contributed by atoms with E-state index in [0.29, 0.717) is 11.3 Å². The molecule has 18 heavy (non-hydrogen) atoms. The Hall–Kier alpha value is -2.57. The third-order valence-corrected chi connectivity index (χ3v) is 1.85. The fourth-order valence-corrected chi connectivity index (χ4v) is 1.02. The van der Waals surface area contributed by atoms with Gasteiger partial charge in [0.1, 0.15) is 5.75 Å². The summed E-state index contributed by atoms with van der Waals surface area (Å²) in [6.07, 6.45) is 0.926. The largest absolute Gasteiger partial charge is 0.414 e. The second kappa shape index (κ2) is 6.24. The van der Waals surface area contributed by atoms with Gasteiger partial charge in [0, 0.05) is 19.7 Å². The highest BCUT2D eigenvalue weighted by Crippen LogP contribution is 2.16. The number of hydrogen-bond acceptors (Lipinski definition) is 4. The van der Waals surface area contributed by atoms with E-state index in [9.17, 15) is 4.79 Å². The van der Waals surface area contributed by atoms with Crippen molar-refractivity contribution in [3.05, 3.63) is 29.8 Å². The molecule has 0 atom stereocenters. The summed E-state index contributed by atoms with van der Waals surface area (Å²) in [5.74, 6) is 0.236. The van der Waals surface area contributed by atoms with Gasteiger partial charge in [-0.25, -0.2) is 4.79 Å². The SMILES string of the molecule is CN(C)C(=O)Oc1ccccc1C=NN=C(N)N. The predicted octanol–water partition coefficient (Wildman–Crippen LogP) is 0.354. The van der Waals surface area contributed by atoms with Crippen molar-refractivity contribution < 1.29 is 9.53 Å². The molecule has 0 aliphatic rings. The van der Waals surface area contributed by atoms with Crippen LogP contribution < -0.4 is 16.2 Å². The Labute approximate surface area is 105 Å². The molecule has 1 aromatic rings. The van der Waals surface area contributed by atoms with Crippen LogP contribution in [0, 0.1) is 0 Å². The van der Waals surface area contributed by atoms with E-state index in [1.165, 1.54) is 11.1 Å². The second-order valence-corrected chi connectivity index (χ2v) is 3.57. The van der Waals surface area contributed by atoms with E-state index < -0.39 is 6.09 Å². The molecule has 0 saturated heterocycles. The van der Waals surface area contributed by atoms with Crippen LogP contribution in [0.3, 0.4) is 0 Å². The maximum atomic E-state index is 11.4. The maximum absolute atomic E-state index is 11.4. The van der Waals surface area contributed by atoms with E-state index in [-0.39, 0.29) is 5.96 Å². The number of carbonyl (C=O) groups is 1. The summed E-state index contributed by atoms with van der Waals surface area (Å²) in [7, 11) is 3.19. The molecule has 0 spiro atoms. The molecule has 0 fully saturated rings. The van der Waals surface area contributed by atoms with Gasteiger partial charge in [-0.3, -0.25) is 0 Å². The zero-order chi connectivity index (χ0) is 13.5. The first kappa shape index (κ1) is 13.5. The summed E-state index contributed by atoms with van der Waals surface area (Å²) in [6.45, 7) is 0. The van der Waals surface area contributed by atoms with Gasteiger partial charge < -0.3 is 21.1 Å². The molecule has 4 N–H and O–H groups in total. The summed E-state index contributed by atoms with van der Waals surface area (Å²) in [6, 6.07) is 6.91. The lowest BCUT2D eigenvalue weighted by Crippen LogP contribution is -2.25. The lowest BCUT2D eigenvalue weighted by molar-refractivity contribution is 0.172. The van der Waals surface area contributed by atoms with Gasteiger partial charge >= 0.3 is 6.09 Å². The molecule has 1 amide bonds. The molecule has 0 unspecified atom stereocenters. The average Bonchev–Trinajstić information content (AvgIpc) is 2.30. The molecule has 1 aromatic carbocycles. The number of guanidine groups is 1. The van der Waals surface area contributed by atoms with E-state index in [0.717, 1.165) is 0 Å². The van der Waals surface area contributed by atoms with Gasteiger partial charge in [-0.1, -0.05) is 12.1 Å². The van der Waals surface area contributed by atoms with Crippen molar-refractivity contribution in [2.45, 2.75) is 0 Å². The number of nitrogens with two attached hydrogens (primary N) is 2. The molecule has 0 aliphatic heterocycles. The van der Waals surface area contributed by atoms with Crippen LogP contribution in [-0.4, -0.2) is 37.3 Å². The van der Waals surface area contributed by atoms with Crippen molar-refractivity contribution in [3.63, 3.8) is 0 Å². The maximum Gasteiger partial charge on any atom is 0.414 e. The van der Waals surface area contributed by atoms with Gasteiger partial charge in [0.05, 0.1) is 6.21 Å². The number of ether oxygens (including phenoxy) is 1. The van der Waals surface area contributed by atoms with Crippen LogP contribution in [0.5, 0.6) is 5.75 Å². The number of nitrogens with zero attached hydrogens (tertiary/aromatic N) is 3. The van der Waals surface area contributed by atoms with Crippen LogP contribution in [0.15, 0.2) is 34.5 Å². The quantitative estimate of drug-likeness (QED) is 0.458. The number of para-hydroxylation sites is 1. The molecule has 7 heteroatoms. The number of carbonyl (C=O) groups excluding carboxylic acids is 1. The molecule has 0 bridgehead atoms. The highest BCUT2D eigenvalue weighted by molar-refractivity contribution is 5.86. The molecular weight excluding hydrogens is 234 g/mol. The first-order valence-electron chi connectivity index (χ1n) is 5.11. The summed E-state index contributed by atoms with van der Waals surface area (Å²) in [4.78, 5) is 12.8. The van der Waals surface area contributed by atoms with Crippen molar-refractivity contribution in [1.29, 1.82) is 0 Å². The number of rotatable bonds is 3. The van der Waals surface area contributed by atoms with E-state index >= 15 is 0 Å². The minimum Gasteiger partial charge on any atom is -0.410 e. The molecule has 1 rings (SSSR count). The van der Waals surface area contributed by atoms with Gasteiger partial charge in [0.2, 0.25) is 5.96 Å². The van der Waals surface area contributed by atoms with E-state index in [4.69, 9.17) is 16.2 Å². The predicted molar refractivity (Wildman–Crippen MR) is 69.6 cm³/mol. The molecule has 7 nitrogen and oxygen atoms in total. The molecule has 0 heterocycles. The Morgan fingerprint density at radius 3 is 2.61 bits per heavy atom. The Morgan fingerprint density at radius 1 is 1.33 bits per heavy atom. The second-order valence-electron chi connectivity index (χ2n) is 3.57. The van der Waals surface area contributed by atoms with Gasteiger partial charge in [-0.2, -0.15) is 5.10 Å². The van der Waals surface area contributed by atoms with Crippen molar-refractivity contribution in [2.24, 2.45) is 21.7 Å². The van der Waals surface area contributed by atoms with Gasteiger partial charge in [-0.05, 0) is 12.1 Å². The molecule has 0 aromatic heterocycles. The Balaban J connectivity index is 2.89. The first-order chi connectivity index (χ1) is 8.50. The van der Waals surface area contributed by atoms with Crippen LogP contribution in [0.2, 0.25) is 0 Å². The first-order valence-corrected chi connectivity index (χ1v) is 5.11. The monoisotopic (exact) mass is 249 g/mol. The van der Waals surface area contributed by atoms with Gasteiger partial charge in [-0.15, -0.1) is 5.10 Å². The highest BCUT2D eigenvalue weighted by atomic mass is 16.6. The summed E-state index contributed by atoms with van der Waals surface area (Å²) < 4.78 is 5.15. The number of benzene rings is 1. The van der Waals surface area contributed by atoms with Crippen LogP contribution in [0.1, 0.15) is 5.56 Å². The third-order valence-electron chi connectivity index (χ3n) is 1.85. The lowest BCUT2D eigenvalue weighted by Gasteiger charge is -2.11. The average molecular weight is 249 g/mol. The minimum atomic E-state index is -0.474. The summed E-state index contributed by atoms with van der Waals surface area (Å²) in [5.41, 5.74) is 10.9. The van der Waals surface area contributed by atoms with E-state index in [1.807, 2.05) is 0 Å². The van der Waals surface area contributed by atoms with E-state index in [2.05, 4.69) is 10.2 Å². The van der Waals surface area contributed by atoms with Crippen LogP contribution >= 0.6 is 0 Å². The molecule has 0 aliphatic carbocycles. The third kappa shape index (κ3) is 4.12. The van der Waals surface area contributed by atoms with Crippen LogP contribution in [-0.2, 0) is 0 Å². The Morgan fingerprint density at radius 2 is 2.00 bits per heavy atom. The van der Waals surface area contributed by atoms with Gasteiger partial charge in [0.25, 0.3) is 0 Å². The molecule has 96 valence electrons. The fourth-order valence-electron chi connectivity index (χ4n) is 1.02. The zero-order valence-electron chi connectivity index (χ0n) is 10.2. The fraction of sp³-hybridized carbons (Fsp3) is 0.182. The highest BCUT2D eigenvalue weighted by Gasteiger charge is 2.09.